The van der Waals surface area contributed by atoms with Crippen molar-refractivity contribution >= 4 is 17.7 Å². The fourth-order valence-corrected chi connectivity index (χ4v) is 5.12. The Morgan fingerprint density at radius 3 is 2.37 bits per heavy atom. The summed E-state index contributed by atoms with van der Waals surface area (Å²) in [5, 5.41) is 0. The van der Waals surface area contributed by atoms with Crippen LogP contribution in [0.15, 0.2) is 30.4 Å². The molecule has 5 rings (SSSR count). The lowest BCUT2D eigenvalue weighted by Crippen LogP contribution is -2.46. The third-order valence-electron chi connectivity index (χ3n) is 6.77. The van der Waals surface area contributed by atoms with E-state index in [0.29, 0.717) is 30.9 Å². The maximum absolute atomic E-state index is 13.3. The molecule has 1 aromatic carbocycles. The van der Waals surface area contributed by atoms with Gasteiger partial charge < -0.3 is 14.4 Å². The molecule has 1 saturated carbocycles. The van der Waals surface area contributed by atoms with Crippen LogP contribution < -0.4 is 9.47 Å². The van der Waals surface area contributed by atoms with Crippen LogP contribution in [0.2, 0.25) is 0 Å². The molecule has 2 atom stereocenters. The molecule has 2 aliphatic carbocycles. The molecule has 2 heterocycles. The number of amides is 3. The van der Waals surface area contributed by atoms with Gasteiger partial charge in [-0.2, -0.15) is 0 Å². The number of likely N-dealkylation sites (tertiary alicyclic amines) is 1. The average molecular weight is 410 g/mol. The first-order chi connectivity index (χ1) is 14.6. The highest BCUT2D eigenvalue weighted by molar-refractivity contribution is 6.07. The minimum atomic E-state index is -0.302. The number of benzene rings is 1. The number of ether oxygens (including phenoxy) is 2. The Morgan fingerprint density at radius 2 is 1.67 bits per heavy atom. The normalized spacial score (nSPS) is 25.1. The van der Waals surface area contributed by atoms with E-state index in [4.69, 9.17) is 9.47 Å². The second-order valence-electron chi connectivity index (χ2n) is 8.57. The van der Waals surface area contributed by atoms with E-state index in [0.717, 1.165) is 31.2 Å². The van der Waals surface area contributed by atoms with E-state index in [9.17, 15) is 14.4 Å². The summed E-state index contributed by atoms with van der Waals surface area (Å²) in [6.45, 7) is 0.483. The predicted octanol–water partition coefficient (Wildman–Crippen LogP) is 2.64. The van der Waals surface area contributed by atoms with Crippen molar-refractivity contribution in [3.8, 4) is 11.5 Å². The van der Waals surface area contributed by atoms with Crippen molar-refractivity contribution < 1.29 is 23.9 Å². The Labute approximate surface area is 175 Å². The molecule has 0 N–H and O–H groups in total. The summed E-state index contributed by atoms with van der Waals surface area (Å²) in [6, 6.07) is 5.85. The third-order valence-corrected chi connectivity index (χ3v) is 6.77. The number of allylic oxidation sites excluding steroid dienone is 2. The lowest BCUT2D eigenvalue weighted by Gasteiger charge is -2.30. The Hall–Kier alpha value is -2.83. The van der Waals surface area contributed by atoms with Crippen molar-refractivity contribution in [2.75, 3.05) is 13.3 Å². The summed E-state index contributed by atoms with van der Waals surface area (Å²) in [7, 11) is 0. The van der Waals surface area contributed by atoms with Crippen LogP contribution in [0, 0.1) is 11.8 Å². The van der Waals surface area contributed by atoms with Gasteiger partial charge in [-0.15, -0.1) is 0 Å². The quantitative estimate of drug-likeness (QED) is 0.551. The highest BCUT2D eigenvalue weighted by Crippen LogP contribution is 2.36. The van der Waals surface area contributed by atoms with Crippen molar-refractivity contribution in [2.45, 2.75) is 51.1 Å². The highest BCUT2D eigenvalue weighted by atomic mass is 16.7. The van der Waals surface area contributed by atoms with Crippen LogP contribution in [-0.2, 0) is 20.9 Å². The van der Waals surface area contributed by atoms with Crippen molar-refractivity contribution in [3.63, 3.8) is 0 Å². The van der Waals surface area contributed by atoms with Crippen molar-refractivity contribution in [3.05, 3.63) is 35.9 Å². The van der Waals surface area contributed by atoms with Gasteiger partial charge in [0, 0.05) is 12.6 Å². The van der Waals surface area contributed by atoms with Crippen LogP contribution in [0.1, 0.15) is 44.1 Å². The monoisotopic (exact) mass is 410 g/mol. The van der Waals surface area contributed by atoms with Crippen LogP contribution in [0.25, 0.3) is 0 Å². The van der Waals surface area contributed by atoms with Crippen molar-refractivity contribution in [2.24, 2.45) is 11.8 Å². The smallest absolute Gasteiger partial charge is 0.243 e. The first kappa shape index (κ1) is 19.2. The average Bonchev–Trinajstić information content (AvgIpc) is 3.50. The molecule has 2 fully saturated rings. The van der Waals surface area contributed by atoms with Crippen LogP contribution in [0.3, 0.4) is 0 Å². The van der Waals surface area contributed by atoms with Gasteiger partial charge in [0.25, 0.3) is 0 Å². The number of imide groups is 1. The molecule has 4 aliphatic rings. The molecule has 3 amide bonds. The molecule has 7 heteroatoms. The van der Waals surface area contributed by atoms with Gasteiger partial charge in [-0.3, -0.25) is 19.3 Å². The Bertz CT molecular complexity index is 879. The Kier molecular flexibility index (Phi) is 4.97. The van der Waals surface area contributed by atoms with Gasteiger partial charge >= 0.3 is 0 Å². The highest BCUT2D eigenvalue weighted by Gasteiger charge is 2.48. The Morgan fingerprint density at radius 1 is 1.00 bits per heavy atom. The first-order valence-electron chi connectivity index (χ1n) is 10.8. The largest absolute Gasteiger partial charge is 0.454 e. The van der Waals surface area contributed by atoms with E-state index >= 15 is 0 Å². The maximum atomic E-state index is 13.3. The number of carbonyl (C=O) groups is 3. The maximum Gasteiger partial charge on any atom is 0.243 e. The first-order valence-corrected chi connectivity index (χ1v) is 10.8. The minimum absolute atomic E-state index is 0.139. The number of fused-ring (bicyclic) bond motifs is 2. The lowest BCUT2D eigenvalue weighted by molar-refractivity contribution is -0.147. The van der Waals surface area contributed by atoms with Gasteiger partial charge in [-0.05, 0) is 43.4 Å². The fraction of sp³-hybridized carbons (Fsp3) is 0.522. The molecular formula is C23H26N2O5. The van der Waals surface area contributed by atoms with E-state index in [1.165, 1.54) is 4.90 Å². The Balaban J connectivity index is 1.33. The molecule has 0 spiro atoms. The number of hydrogen-bond acceptors (Lipinski definition) is 5. The standard InChI is InChI=1S/C23H26N2O5/c26-21(13-25-22(27)17-7-3-4-8-18(17)23(25)28)24(16-5-1-2-6-16)12-15-9-10-19-20(11-15)30-14-29-19/h3-4,9-11,16-18H,1-2,5-8,12-14H2/t17-,18+. The number of nitrogens with zero attached hydrogens (tertiary/aromatic N) is 2. The zero-order valence-corrected chi connectivity index (χ0v) is 16.9. The SMILES string of the molecule is O=C1[C@H]2CC=CC[C@H]2C(=O)N1CC(=O)N(Cc1ccc2c(c1)OCO2)C1CCCC1. The number of carbonyl (C=O) groups excluding carboxylic acids is 3. The zero-order chi connectivity index (χ0) is 20.7. The van der Waals surface area contributed by atoms with E-state index in [1.807, 2.05) is 35.3 Å². The predicted molar refractivity (Wildman–Crippen MR) is 107 cm³/mol. The summed E-state index contributed by atoms with van der Waals surface area (Å²) < 4.78 is 10.8. The van der Waals surface area contributed by atoms with Crippen molar-refractivity contribution in [1.82, 2.24) is 9.80 Å². The van der Waals surface area contributed by atoms with Gasteiger partial charge in [-0.1, -0.05) is 31.1 Å². The van der Waals surface area contributed by atoms with Gasteiger partial charge in [0.2, 0.25) is 24.5 Å². The lowest BCUT2D eigenvalue weighted by atomic mass is 9.85. The molecule has 2 aliphatic heterocycles. The minimum Gasteiger partial charge on any atom is -0.454 e. The second-order valence-corrected chi connectivity index (χ2v) is 8.57. The van der Waals surface area contributed by atoms with Crippen LogP contribution in [-0.4, -0.2) is 46.9 Å². The summed E-state index contributed by atoms with van der Waals surface area (Å²) in [6.07, 6.45) is 9.18. The molecule has 0 bridgehead atoms. The van der Waals surface area contributed by atoms with E-state index in [2.05, 4.69) is 0 Å². The van der Waals surface area contributed by atoms with Gasteiger partial charge in [0.15, 0.2) is 11.5 Å². The molecule has 30 heavy (non-hydrogen) atoms. The van der Waals surface area contributed by atoms with Crippen LogP contribution >= 0.6 is 0 Å². The molecule has 1 aromatic rings. The molecule has 158 valence electrons. The molecule has 0 aromatic heterocycles. The molecule has 1 saturated heterocycles. The topological polar surface area (TPSA) is 76.2 Å². The molecule has 7 nitrogen and oxygen atoms in total. The van der Waals surface area contributed by atoms with Crippen molar-refractivity contribution in [1.29, 1.82) is 0 Å². The summed E-state index contributed by atoms with van der Waals surface area (Å²) >= 11 is 0. The van der Waals surface area contributed by atoms with E-state index in [-0.39, 0.29) is 48.9 Å². The summed E-state index contributed by atoms with van der Waals surface area (Å²) in [4.78, 5) is 42.0. The summed E-state index contributed by atoms with van der Waals surface area (Å²) in [5.41, 5.74) is 0.955. The molecular weight excluding hydrogens is 384 g/mol. The number of hydrogen-bond donors (Lipinski definition) is 0. The second kappa shape index (κ2) is 7.78. The van der Waals surface area contributed by atoms with Crippen LogP contribution in [0.4, 0.5) is 0 Å². The van der Waals surface area contributed by atoms with E-state index < -0.39 is 0 Å². The van der Waals surface area contributed by atoms with Crippen LogP contribution in [0.5, 0.6) is 11.5 Å². The molecule has 0 radical (unpaired) electrons. The fourth-order valence-electron chi connectivity index (χ4n) is 5.12. The van der Waals surface area contributed by atoms with Gasteiger partial charge in [-0.25, -0.2) is 0 Å². The number of rotatable bonds is 5. The van der Waals surface area contributed by atoms with E-state index in [1.54, 1.807) is 0 Å². The third kappa shape index (κ3) is 3.36. The molecule has 0 unspecified atom stereocenters. The van der Waals surface area contributed by atoms with Gasteiger partial charge in [0.05, 0.1) is 11.8 Å². The zero-order valence-electron chi connectivity index (χ0n) is 16.9. The summed E-state index contributed by atoms with van der Waals surface area (Å²) in [5.74, 6) is 0.241. The van der Waals surface area contributed by atoms with Gasteiger partial charge in [0.1, 0.15) is 6.54 Å².